The predicted octanol–water partition coefficient (Wildman–Crippen LogP) is 4.14. The number of aliphatic carboxylic acids is 1. The molecule has 0 spiro atoms. The minimum absolute atomic E-state index is 0.0398. The number of hydrogen-bond donors (Lipinski definition) is 2. The van der Waals surface area contributed by atoms with Crippen LogP contribution in [0.3, 0.4) is 0 Å². The van der Waals surface area contributed by atoms with E-state index in [1.54, 1.807) is 0 Å². The topological polar surface area (TPSA) is 90.3 Å². The summed E-state index contributed by atoms with van der Waals surface area (Å²) in [7, 11) is 1.88. The van der Waals surface area contributed by atoms with Crippen LogP contribution in [0.15, 0.2) is 42.0 Å². The summed E-state index contributed by atoms with van der Waals surface area (Å²) in [5.41, 5.74) is 6.66. The largest absolute Gasteiger partial charge is 0.493 e. The second-order valence-corrected chi connectivity index (χ2v) is 9.42. The summed E-state index contributed by atoms with van der Waals surface area (Å²) in [5, 5.41) is 19.4. The number of carboxylic acids is 1. The van der Waals surface area contributed by atoms with Crippen molar-refractivity contribution in [2.45, 2.75) is 45.7 Å². The van der Waals surface area contributed by atoms with Crippen LogP contribution in [0, 0.1) is 20.8 Å². The van der Waals surface area contributed by atoms with Gasteiger partial charge in [0, 0.05) is 25.6 Å². The lowest BCUT2D eigenvalue weighted by Gasteiger charge is -2.48. The first-order chi connectivity index (χ1) is 16.2. The number of ether oxygens (including phenoxy) is 1. The highest BCUT2D eigenvalue weighted by Gasteiger charge is 2.43. The number of carbonyl (C=O) groups is 2. The third kappa shape index (κ3) is 4.66. The molecule has 0 radical (unpaired) electrons. The first-order valence-electron chi connectivity index (χ1n) is 11.6. The molecular formula is C27H32N2O5. The van der Waals surface area contributed by atoms with Gasteiger partial charge < -0.3 is 19.8 Å². The van der Waals surface area contributed by atoms with Gasteiger partial charge in [0.15, 0.2) is 0 Å². The molecule has 1 saturated heterocycles. The second-order valence-electron chi connectivity index (χ2n) is 9.42. The van der Waals surface area contributed by atoms with Crippen LogP contribution >= 0.6 is 0 Å². The summed E-state index contributed by atoms with van der Waals surface area (Å²) >= 11 is 0. The van der Waals surface area contributed by atoms with Crippen molar-refractivity contribution in [3.63, 3.8) is 0 Å². The van der Waals surface area contributed by atoms with Crippen molar-refractivity contribution in [2.24, 2.45) is 0 Å². The summed E-state index contributed by atoms with van der Waals surface area (Å²) in [5.74, 6) is -0.0718. The quantitative estimate of drug-likeness (QED) is 0.668. The van der Waals surface area contributed by atoms with Crippen molar-refractivity contribution in [3.8, 4) is 5.75 Å². The highest BCUT2D eigenvalue weighted by molar-refractivity contribution is 5.98. The number of likely N-dealkylation sites (N-methyl/N-ethyl adjacent to an activating group) is 1. The van der Waals surface area contributed by atoms with Crippen molar-refractivity contribution in [1.29, 1.82) is 0 Å². The Labute approximate surface area is 200 Å². The summed E-state index contributed by atoms with van der Waals surface area (Å²) < 4.78 is 6.04. The molecule has 4 rings (SSSR count). The molecule has 180 valence electrons. The number of aryl methyl sites for hydroxylation is 2. The lowest BCUT2D eigenvalue weighted by atomic mass is 9.82. The number of carboxylic acid groups (broad SMARTS) is 2. The first kappa shape index (κ1) is 23.8. The van der Waals surface area contributed by atoms with Crippen molar-refractivity contribution in [1.82, 2.24) is 9.80 Å². The van der Waals surface area contributed by atoms with E-state index in [4.69, 9.17) is 4.74 Å². The van der Waals surface area contributed by atoms with E-state index in [1.807, 2.05) is 36.2 Å². The van der Waals surface area contributed by atoms with Gasteiger partial charge in [-0.3, -0.25) is 4.90 Å². The zero-order valence-electron chi connectivity index (χ0n) is 20.2. The van der Waals surface area contributed by atoms with Crippen molar-refractivity contribution in [3.05, 3.63) is 69.8 Å². The lowest BCUT2D eigenvalue weighted by molar-refractivity contribution is -0.134. The molecule has 0 aliphatic carbocycles. The molecule has 2 N–H and O–H groups in total. The highest BCUT2D eigenvalue weighted by Crippen LogP contribution is 2.37. The molecule has 0 aromatic heterocycles. The van der Waals surface area contributed by atoms with Gasteiger partial charge in [0.05, 0.1) is 18.2 Å². The Morgan fingerprint density at radius 2 is 1.76 bits per heavy atom. The molecule has 2 aliphatic heterocycles. The van der Waals surface area contributed by atoms with Crippen LogP contribution in [0.1, 0.15) is 34.2 Å². The summed E-state index contributed by atoms with van der Waals surface area (Å²) in [6.07, 6.45) is 0.255. The Kier molecular flexibility index (Phi) is 6.66. The van der Waals surface area contributed by atoms with E-state index in [1.165, 1.54) is 16.0 Å². The van der Waals surface area contributed by atoms with E-state index < -0.39 is 18.1 Å². The van der Waals surface area contributed by atoms with Gasteiger partial charge in [0.2, 0.25) is 0 Å². The van der Waals surface area contributed by atoms with Crippen LogP contribution in [-0.2, 0) is 11.2 Å². The molecule has 7 heteroatoms. The van der Waals surface area contributed by atoms with E-state index >= 15 is 0 Å². The Morgan fingerprint density at radius 3 is 2.41 bits per heavy atom. The van der Waals surface area contributed by atoms with Gasteiger partial charge >= 0.3 is 12.1 Å². The second kappa shape index (κ2) is 9.50. The van der Waals surface area contributed by atoms with E-state index in [0.29, 0.717) is 25.1 Å². The summed E-state index contributed by atoms with van der Waals surface area (Å²) in [6.45, 7) is 7.33. The number of fused-ring (bicyclic) bond motifs is 2. The molecular weight excluding hydrogens is 432 g/mol. The molecule has 2 aliphatic rings. The van der Waals surface area contributed by atoms with Crippen LogP contribution in [-0.4, -0.2) is 70.9 Å². The van der Waals surface area contributed by atoms with E-state index in [2.05, 4.69) is 32.9 Å². The van der Waals surface area contributed by atoms with Crippen LogP contribution in [0.4, 0.5) is 4.79 Å². The molecule has 2 bridgehead atoms. The van der Waals surface area contributed by atoms with Gasteiger partial charge in [-0.25, -0.2) is 9.59 Å². The molecule has 34 heavy (non-hydrogen) atoms. The molecule has 0 unspecified atom stereocenters. The maximum atomic E-state index is 12.2. The molecule has 1 fully saturated rings. The van der Waals surface area contributed by atoms with Crippen molar-refractivity contribution >= 4 is 17.6 Å². The van der Waals surface area contributed by atoms with Gasteiger partial charge in [-0.2, -0.15) is 0 Å². The molecule has 2 heterocycles. The Balaban J connectivity index is 1.50. The maximum Gasteiger partial charge on any atom is 0.407 e. The number of rotatable bonds is 6. The Bertz CT molecular complexity index is 1140. The minimum Gasteiger partial charge on any atom is -0.493 e. The molecule has 0 saturated carbocycles. The smallest absolute Gasteiger partial charge is 0.407 e. The van der Waals surface area contributed by atoms with Crippen LogP contribution in [0.25, 0.3) is 5.57 Å². The minimum atomic E-state index is -1.00. The van der Waals surface area contributed by atoms with Crippen molar-refractivity contribution in [2.75, 3.05) is 26.7 Å². The lowest BCUT2D eigenvalue weighted by Crippen LogP contribution is -2.61. The highest BCUT2D eigenvalue weighted by atomic mass is 16.5. The normalized spacial score (nSPS) is 20.4. The third-order valence-electron chi connectivity index (χ3n) is 7.21. The number of piperazine rings is 1. The van der Waals surface area contributed by atoms with Gasteiger partial charge in [0.1, 0.15) is 5.75 Å². The van der Waals surface area contributed by atoms with Gasteiger partial charge in [-0.05, 0) is 73.7 Å². The molecule has 2 aromatic carbocycles. The third-order valence-corrected chi connectivity index (χ3v) is 7.21. The molecule has 2 atom stereocenters. The first-order valence-corrected chi connectivity index (χ1v) is 11.6. The number of nitrogens with zero attached hydrogens (tertiary/aromatic N) is 2. The predicted molar refractivity (Wildman–Crippen MR) is 130 cm³/mol. The number of amides is 1. The van der Waals surface area contributed by atoms with Gasteiger partial charge in [-0.15, -0.1) is 0 Å². The zero-order chi connectivity index (χ0) is 24.6. The fourth-order valence-corrected chi connectivity index (χ4v) is 5.10. The Morgan fingerprint density at radius 1 is 1.06 bits per heavy atom. The maximum absolute atomic E-state index is 12.2. The monoisotopic (exact) mass is 464 g/mol. The average Bonchev–Trinajstić information content (AvgIpc) is 2.77. The molecule has 7 nitrogen and oxygen atoms in total. The van der Waals surface area contributed by atoms with Crippen LogP contribution in [0.5, 0.6) is 5.75 Å². The van der Waals surface area contributed by atoms with Gasteiger partial charge in [-0.1, -0.05) is 30.3 Å². The fraction of sp³-hybridized carbons (Fsp3) is 0.407. The average molecular weight is 465 g/mol. The Hall–Kier alpha value is -3.32. The van der Waals surface area contributed by atoms with E-state index in [-0.39, 0.29) is 12.6 Å². The summed E-state index contributed by atoms with van der Waals surface area (Å²) in [6, 6.07) is 11.7. The van der Waals surface area contributed by atoms with Crippen LogP contribution in [0.2, 0.25) is 0 Å². The van der Waals surface area contributed by atoms with Gasteiger partial charge in [0.25, 0.3) is 0 Å². The van der Waals surface area contributed by atoms with Crippen LogP contribution < -0.4 is 4.74 Å². The number of benzene rings is 2. The number of hydrogen-bond acceptors (Lipinski definition) is 4. The van der Waals surface area contributed by atoms with E-state index in [9.17, 15) is 19.8 Å². The molecule has 2 aromatic rings. The SMILES string of the molecule is Cc1cc(C)c(C)c(OCCc2ccc(C3=C(C(=O)O)[C@H]4CN(C(=O)O)C[C@@H](C3)N4C)cc2)c1. The van der Waals surface area contributed by atoms with Crippen molar-refractivity contribution < 1.29 is 24.5 Å². The zero-order valence-corrected chi connectivity index (χ0v) is 20.2. The fourth-order valence-electron chi connectivity index (χ4n) is 5.10. The van der Waals surface area contributed by atoms with E-state index in [0.717, 1.165) is 34.4 Å². The molecule has 1 amide bonds. The standard InChI is InChI=1S/C27H32N2O5/c1-16-11-17(2)18(3)24(12-16)34-10-9-19-5-7-20(8-6-19)22-13-21-14-29(27(32)33)15-23(28(21)4)25(22)26(30)31/h5-8,11-12,21,23H,9-10,13-15H2,1-4H3,(H,30,31)(H,32,33)/t21-,23-/m1/s1. The summed E-state index contributed by atoms with van der Waals surface area (Å²) in [4.78, 5) is 27.1.